The fraction of sp³-hybridized carbons (Fsp3) is 0.125. The summed E-state index contributed by atoms with van der Waals surface area (Å²) < 4.78 is 0. The molecular formula is C16H15ClN4. The van der Waals surface area contributed by atoms with Gasteiger partial charge in [-0.2, -0.15) is 15.4 Å². The number of anilines is 1. The monoisotopic (exact) mass is 298 g/mol. The molecule has 21 heavy (non-hydrogen) atoms. The molecule has 5 heteroatoms. The molecule has 0 bridgehead atoms. The highest BCUT2D eigenvalue weighted by Crippen LogP contribution is 2.24. The lowest BCUT2D eigenvalue weighted by Gasteiger charge is -2.08. The van der Waals surface area contributed by atoms with Crippen molar-refractivity contribution in [2.24, 2.45) is 0 Å². The van der Waals surface area contributed by atoms with E-state index in [-0.39, 0.29) is 0 Å². The van der Waals surface area contributed by atoms with Gasteiger partial charge in [-0.3, -0.25) is 0 Å². The average molecular weight is 299 g/mol. The Morgan fingerprint density at radius 2 is 1.90 bits per heavy atom. The van der Waals surface area contributed by atoms with E-state index in [1.165, 1.54) is 0 Å². The predicted molar refractivity (Wildman–Crippen MR) is 85.3 cm³/mol. The summed E-state index contributed by atoms with van der Waals surface area (Å²) in [6.45, 7) is 2.57. The Morgan fingerprint density at radius 3 is 2.67 bits per heavy atom. The Bertz CT molecular complexity index is 737. The van der Waals surface area contributed by atoms with E-state index in [0.29, 0.717) is 11.6 Å². The number of aryl methyl sites for hydroxylation is 1. The highest BCUT2D eigenvalue weighted by atomic mass is 35.5. The van der Waals surface area contributed by atoms with Gasteiger partial charge in [-0.25, -0.2) is 0 Å². The second-order valence-electron chi connectivity index (χ2n) is 4.82. The zero-order chi connectivity index (χ0) is 14.7. The minimum Gasteiger partial charge on any atom is -0.378 e. The maximum absolute atomic E-state index is 6.22. The van der Waals surface area contributed by atoms with Crippen LogP contribution in [0.1, 0.15) is 11.3 Å². The number of aromatic nitrogens is 3. The van der Waals surface area contributed by atoms with Gasteiger partial charge in [-0.05, 0) is 24.6 Å². The van der Waals surface area contributed by atoms with Crippen LogP contribution in [0.4, 0.5) is 5.69 Å². The van der Waals surface area contributed by atoms with Gasteiger partial charge in [0.2, 0.25) is 0 Å². The first-order valence-corrected chi connectivity index (χ1v) is 7.07. The van der Waals surface area contributed by atoms with Crippen molar-refractivity contribution in [1.29, 1.82) is 0 Å². The first kappa shape index (κ1) is 13.6. The number of nitrogens with zero attached hydrogens (tertiary/aromatic N) is 2. The number of H-pyrrole nitrogens is 1. The molecule has 0 amide bonds. The largest absolute Gasteiger partial charge is 0.378 e. The van der Waals surface area contributed by atoms with Crippen molar-refractivity contribution in [3.63, 3.8) is 0 Å². The van der Waals surface area contributed by atoms with Crippen molar-refractivity contribution in [2.45, 2.75) is 13.5 Å². The van der Waals surface area contributed by atoms with E-state index in [1.807, 2.05) is 55.5 Å². The Kier molecular flexibility index (Phi) is 3.88. The van der Waals surface area contributed by atoms with Gasteiger partial charge in [0.15, 0.2) is 0 Å². The van der Waals surface area contributed by atoms with Gasteiger partial charge < -0.3 is 5.32 Å². The van der Waals surface area contributed by atoms with Crippen molar-refractivity contribution in [3.8, 4) is 11.3 Å². The topological polar surface area (TPSA) is 53.6 Å². The molecule has 0 saturated carbocycles. The maximum Gasteiger partial charge on any atom is 0.117 e. The van der Waals surface area contributed by atoms with Crippen LogP contribution in [-0.4, -0.2) is 15.4 Å². The highest BCUT2D eigenvalue weighted by molar-refractivity contribution is 6.33. The molecule has 106 valence electrons. The molecule has 3 aromatic rings. The van der Waals surface area contributed by atoms with E-state index >= 15 is 0 Å². The van der Waals surface area contributed by atoms with Crippen LogP contribution in [0.15, 0.2) is 48.5 Å². The zero-order valence-electron chi connectivity index (χ0n) is 11.6. The fourth-order valence-electron chi connectivity index (χ4n) is 2.15. The van der Waals surface area contributed by atoms with E-state index in [2.05, 4.69) is 20.7 Å². The van der Waals surface area contributed by atoms with Gasteiger partial charge in [-0.15, -0.1) is 0 Å². The Balaban J connectivity index is 1.79. The lowest BCUT2D eigenvalue weighted by molar-refractivity contribution is 0.911. The molecule has 2 aromatic carbocycles. The van der Waals surface area contributed by atoms with E-state index < -0.39 is 0 Å². The average Bonchev–Trinajstić information content (AvgIpc) is 2.96. The summed E-state index contributed by atoms with van der Waals surface area (Å²) in [5.41, 5.74) is 4.78. The molecule has 0 fully saturated rings. The molecule has 0 saturated heterocycles. The minimum atomic E-state index is 0.559. The minimum absolute atomic E-state index is 0.559. The van der Waals surface area contributed by atoms with E-state index in [4.69, 9.17) is 11.6 Å². The standard InChI is InChI=1S/C16H15ClN4/c1-11-7-8-14(13(17)9-11)18-10-15-16(20-21-19-15)12-5-3-2-4-6-12/h2-9,18H,10H2,1H3,(H,19,20,21). The molecule has 0 aliphatic rings. The molecule has 1 aromatic heterocycles. The SMILES string of the molecule is Cc1ccc(NCc2n[nH]nc2-c2ccccc2)c(Cl)c1. The summed E-state index contributed by atoms with van der Waals surface area (Å²) in [5, 5.41) is 15.1. The smallest absolute Gasteiger partial charge is 0.117 e. The molecular weight excluding hydrogens is 284 g/mol. The van der Waals surface area contributed by atoms with Gasteiger partial charge in [0.1, 0.15) is 11.4 Å². The first-order chi connectivity index (χ1) is 10.2. The molecule has 0 spiro atoms. The van der Waals surface area contributed by atoms with Gasteiger partial charge in [0, 0.05) is 5.56 Å². The number of halogens is 1. The summed E-state index contributed by atoms with van der Waals surface area (Å²) in [5.74, 6) is 0. The molecule has 1 heterocycles. The molecule has 0 atom stereocenters. The fourth-order valence-corrected chi connectivity index (χ4v) is 2.45. The van der Waals surface area contributed by atoms with Gasteiger partial charge >= 0.3 is 0 Å². The molecule has 0 aliphatic heterocycles. The molecule has 3 rings (SSSR count). The summed E-state index contributed by atoms with van der Waals surface area (Å²) in [6, 6.07) is 15.9. The summed E-state index contributed by atoms with van der Waals surface area (Å²) in [4.78, 5) is 0. The quantitative estimate of drug-likeness (QED) is 0.764. The first-order valence-electron chi connectivity index (χ1n) is 6.69. The van der Waals surface area contributed by atoms with Crippen LogP contribution in [0.3, 0.4) is 0 Å². The van der Waals surface area contributed by atoms with E-state index in [9.17, 15) is 0 Å². The van der Waals surface area contributed by atoms with Crippen LogP contribution in [0.5, 0.6) is 0 Å². The van der Waals surface area contributed by atoms with Crippen LogP contribution in [-0.2, 0) is 6.54 Å². The number of aromatic amines is 1. The lowest BCUT2D eigenvalue weighted by Crippen LogP contribution is -2.02. The normalized spacial score (nSPS) is 10.6. The van der Waals surface area contributed by atoms with Crippen molar-refractivity contribution >= 4 is 17.3 Å². The van der Waals surface area contributed by atoms with Gasteiger partial charge in [0.05, 0.1) is 17.3 Å². The van der Waals surface area contributed by atoms with Crippen LogP contribution >= 0.6 is 11.6 Å². The number of rotatable bonds is 4. The van der Waals surface area contributed by atoms with Gasteiger partial charge in [0.25, 0.3) is 0 Å². The summed E-state index contributed by atoms with van der Waals surface area (Å²) >= 11 is 6.22. The predicted octanol–water partition coefficient (Wildman–Crippen LogP) is 4.05. The number of benzene rings is 2. The summed E-state index contributed by atoms with van der Waals surface area (Å²) in [7, 11) is 0. The van der Waals surface area contributed by atoms with Crippen molar-refractivity contribution < 1.29 is 0 Å². The summed E-state index contributed by atoms with van der Waals surface area (Å²) in [6.07, 6.45) is 0. The van der Waals surface area contributed by atoms with Crippen LogP contribution in [0.2, 0.25) is 5.02 Å². The van der Waals surface area contributed by atoms with Crippen LogP contribution < -0.4 is 5.32 Å². The van der Waals surface area contributed by atoms with Crippen molar-refractivity contribution in [2.75, 3.05) is 5.32 Å². The molecule has 0 unspecified atom stereocenters. The molecule has 4 nitrogen and oxygen atoms in total. The van der Waals surface area contributed by atoms with Crippen LogP contribution in [0.25, 0.3) is 11.3 Å². The molecule has 0 radical (unpaired) electrons. The number of hydrogen-bond donors (Lipinski definition) is 2. The third kappa shape index (κ3) is 3.06. The molecule has 0 aliphatic carbocycles. The highest BCUT2D eigenvalue weighted by Gasteiger charge is 2.10. The van der Waals surface area contributed by atoms with Crippen molar-refractivity contribution in [1.82, 2.24) is 15.4 Å². The van der Waals surface area contributed by atoms with E-state index in [0.717, 1.165) is 28.2 Å². The third-order valence-electron chi connectivity index (χ3n) is 3.24. The Hall–Kier alpha value is -2.33. The lowest BCUT2D eigenvalue weighted by atomic mass is 10.1. The van der Waals surface area contributed by atoms with Crippen LogP contribution in [0, 0.1) is 6.92 Å². The van der Waals surface area contributed by atoms with Gasteiger partial charge in [-0.1, -0.05) is 48.0 Å². The number of nitrogens with one attached hydrogen (secondary N) is 2. The number of hydrogen-bond acceptors (Lipinski definition) is 3. The van der Waals surface area contributed by atoms with E-state index in [1.54, 1.807) is 0 Å². The third-order valence-corrected chi connectivity index (χ3v) is 3.55. The maximum atomic E-state index is 6.22. The zero-order valence-corrected chi connectivity index (χ0v) is 12.4. The Labute approximate surface area is 128 Å². The Morgan fingerprint density at radius 1 is 1.10 bits per heavy atom. The second kappa shape index (κ2) is 5.97. The second-order valence-corrected chi connectivity index (χ2v) is 5.23. The molecule has 2 N–H and O–H groups in total. The van der Waals surface area contributed by atoms with Crippen molar-refractivity contribution in [3.05, 3.63) is 64.8 Å².